The maximum atomic E-state index is 12.2. The van der Waals surface area contributed by atoms with Crippen molar-refractivity contribution >= 4 is 35.2 Å². The van der Waals surface area contributed by atoms with Crippen molar-refractivity contribution in [3.63, 3.8) is 0 Å². The minimum atomic E-state index is -0.563. The first-order valence-corrected chi connectivity index (χ1v) is 10.3. The molecule has 0 spiro atoms. The SMILES string of the molecule is Cc1ccc(Br)c(C=C(CNC(=O)OC(C)(C)C)B2OC(C)(C)C(C)(C)O2)c1. The van der Waals surface area contributed by atoms with Crippen molar-refractivity contribution in [2.45, 2.75) is 72.2 Å². The summed E-state index contributed by atoms with van der Waals surface area (Å²) in [6, 6.07) is 6.11. The summed E-state index contributed by atoms with van der Waals surface area (Å²) in [4.78, 5) is 12.2. The van der Waals surface area contributed by atoms with E-state index in [0.717, 1.165) is 21.1 Å². The lowest BCUT2D eigenvalue weighted by Gasteiger charge is -2.32. The van der Waals surface area contributed by atoms with Gasteiger partial charge in [0, 0.05) is 11.0 Å². The predicted molar refractivity (Wildman–Crippen MR) is 117 cm³/mol. The van der Waals surface area contributed by atoms with Crippen LogP contribution in [0, 0.1) is 6.92 Å². The molecule has 0 aliphatic carbocycles. The first-order chi connectivity index (χ1) is 12.7. The summed E-state index contributed by atoms with van der Waals surface area (Å²) in [5.41, 5.74) is 1.46. The van der Waals surface area contributed by atoms with Crippen LogP contribution < -0.4 is 5.32 Å². The van der Waals surface area contributed by atoms with Crippen molar-refractivity contribution in [3.05, 3.63) is 39.3 Å². The molecule has 1 aliphatic rings. The molecule has 1 aromatic rings. The van der Waals surface area contributed by atoms with Gasteiger partial charge in [-0.1, -0.05) is 39.7 Å². The number of halogens is 1. The second-order valence-electron chi connectivity index (χ2n) is 9.19. The minimum absolute atomic E-state index is 0.256. The van der Waals surface area contributed by atoms with Gasteiger partial charge in [-0.25, -0.2) is 4.79 Å². The monoisotopic (exact) mass is 451 g/mol. The molecule has 0 unspecified atom stereocenters. The standard InChI is InChI=1S/C21H31BBrNO4/c1-14-9-10-17(23)15(11-14)12-16(13-24-18(25)26-19(2,3)4)22-27-20(5,6)21(7,8)28-22/h9-12H,13H2,1-8H3,(H,24,25). The summed E-state index contributed by atoms with van der Waals surface area (Å²) in [6.45, 7) is 15.8. The maximum absolute atomic E-state index is 12.2. The van der Waals surface area contributed by atoms with Gasteiger partial charge in [0.15, 0.2) is 0 Å². The van der Waals surface area contributed by atoms with E-state index in [9.17, 15) is 4.79 Å². The quantitative estimate of drug-likeness (QED) is 0.631. The second-order valence-corrected chi connectivity index (χ2v) is 10.0. The number of ether oxygens (including phenoxy) is 1. The lowest BCUT2D eigenvalue weighted by molar-refractivity contribution is 0.00578. The molecule has 154 valence electrons. The highest BCUT2D eigenvalue weighted by molar-refractivity contribution is 9.10. The Morgan fingerprint density at radius 2 is 1.79 bits per heavy atom. The van der Waals surface area contributed by atoms with E-state index in [-0.39, 0.29) is 6.54 Å². The van der Waals surface area contributed by atoms with Gasteiger partial charge in [0.1, 0.15) is 5.60 Å². The summed E-state index contributed by atoms with van der Waals surface area (Å²) in [6.07, 6.45) is 1.52. The Kier molecular flexibility index (Phi) is 6.74. The van der Waals surface area contributed by atoms with Gasteiger partial charge >= 0.3 is 13.2 Å². The number of hydrogen-bond acceptors (Lipinski definition) is 4. The molecule has 1 aromatic carbocycles. The molecule has 28 heavy (non-hydrogen) atoms. The molecule has 2 rings (SSSR count). The van der Waals surface area contributed by atoms with E-state index in [1.807, 2.05) is 73.6 Å². The van der Waals surface area contributed by atoms with E-state index in [1.165, 1.54) is 0 Å². The van der Waals surface area contributed by atoms with Gasteiger partial charge in [-0.05, 0) is 72.5 Å². The van der Waals surface area contributed by atoms with Crippen molar-refractivity contribution < 1.29 is 18.8 Å². The van der Waals surface area contributed by atoms with E-state index in [1.54, 1.807) is 0 Å². The fourth-order valence-corrected chi connectivity index (χ4v) is 3.02. The highest BCUT2D eigenvalue weighted by Gasteiger charge is 2.52. The maximum Gasteiger partial charge on any atom is 0.492 e. The van der Waals surface area contributed by atoms with Gasteiger partial charge in [0.05, 0.1) is 11.2 Å². The second kappa shape index (κ2) is 8.21. The highest BCUT2D eigenvalue weighted by atomic mass is 79.9. The summed E-state index contributed by atoms with van der Waals surface area (Å²) in [5.74, 6) is 0. The molecule has 1 aliphatic heterocycles. The molecule has 0 aromatic heterocycles. The number of benzene rings is 1. The van der Waals surface area contributed by atoms with Gasteiger partial charge < -0.3 is 19.4 Å². The zero-order valence-corrected chi connectivity index (χ0v) is 19.7. The van der Waals surface area contributed by atoms with Gasteiger partial charge in [-0.2, -0.15) is 0 Å². The van der Waals surface area contributed by atoms with Crippen molar-refractivity contribution in [1.29, 1.82) is 0 Å². The van der Waals surface area contributed by atoms with E-state index in [0.29, 0.717) is 0 Å². The van der Waals surface area contributed by atoms with Crippen LogP contribution in [-0.4, -0.2) is 36.6 Å². The summed E-state index contributed by atoms with van der Waals surface area (Å²) in [5, 5.41) is 2.82. The zero-order valence-electron chi connectivity index (χ0n) is 18.1. The highest BCUT2D eigenvalue weighted by Crippen LogP contribution is 2.39. The number of carbonyl (C=O) groups is 1. The van der Waals surface area contributed by atoms with Crippen LogP contribution in [0.2, 0.25) is 0 Å². The third kappa shape index (κ3) is 5.85. The third-order valence-electron chi connectivity index (χ3n) is 4.88. The van der Waals surface area contributed by atoms with Crippen LogP contribution in [0.15, 0.2) is 28.1 Å². The Balaban J connectivity index is 2.30. The van der Waals surface area contributed by atoms with Crippen molar-refractivity contribution in [2.24, 2.45) is 0 Å². The number of hydrogen-bond donors (Lipinski definition) is 1. The third-order valence-corrected chi connectivity index (χ3v) is 5.61. The fourth-order valence-electron chi connectivity index (χ4n) is 2.66. The average molecular weight is 452 g/mol. The minimum Gasteiger partial charge on any atom is -0.444 e. The van der Waals surface area contributed by atoms with Gasteiger partial charge in [0.25, 0.3) is 0 Å². The van der Waals surface area contributed by atoms with Crippen LogP contribution in [0.3, 0.4) is 0 Å². The number of nitrogens with one attached hydrogen (secondary N) is 1. The number of alkyl carbamates (subject to hydrolysis) is 1. The molecule has 1 saturated heterocycles. The fraction of sp³-hybridized carbons (Fsp3) is 0.571. The summed E-state index contributed by atoms with van der Waals surface area (Å²) < 4.78 is 18.7. The molecule has 7 heteroatoms. The lowest BCUT2D eigenvalue weighted by atomic mass is 9.77. The summed E-state index contributed by atoms with van der Waals surface area (Å²) in [7, 11) is -0.563. The molecule has 0 radical (unpaired) electrons. The first-order valence-electron chi connectivity index (χ1n) is 9.49. The molecule has 1 heterocycles. The van der Waals surface area contributed by atoms with Gasteiger partial charge in [-0.15, -0.1) is 0 Å². The van der Waals surface area contributed by atoms with Gasteiger partial charge in [0.2, 0.25) is 0 Å². The summed E-state index contributed by atoms with van der Waals surface area (Å²) >= 11 is 3.59. The zero-order chi connectivity index (χ0) is 21.3. The van der Waals surface area contributed by atoms with Crippen LogP contribution in [0.25, 0.3) is 6.08 Å². The largest absolute Gasteiger partial charge is 0.492 e. The predicted octanol–water partition coefficient (Wildman–Crippen LogP) is 5.30. The Morgan fingerprint density at radius 1 is 1.21 bits per heavy atom. The normalized spacial score (nSPS) is 18.9. The Hall–Kier alpha value is -1.31. The van der Waals surface area contributed by atoms with Gasteiger partial charge in [-0.3, -0.25) is 0 Å². The van der Waals surface area contributed by atoms with E-state index < -0.39 is 30.0 Å². The number of amides is 1. The van der Waals surface area contributed by atoms with Crippen LogP contribution in [-0.2, 0) is 14.0 Å². The molecular formula is C21H31BBrNO4. The molecule has 1 amide bonds. The number of rotatable bonds is 4. The lowest BCUT2D eigenvalue weighted by Crippen LogP contribution is -2.41. The molecular weight excluding hydrogens is 421 g/mol. The van der Waals surface area contributed by atoms with Crippen molar-refractivity contribution in [1.82, 2.24) is 5.32 Å². The smallest absolute Gasteiger partial charge is 0.444 e. The Morgan fingerprint density at radius 3 is 2.32 bits per heavy atom. The topological polar surface area (TPSA) is 56.8 Å². The van der Waals surface area contributed by atoms with Crippen LogP contribution in [0.4, 0.5) is 4.79 Å². The van der Waals surface area contributed by atoms with Crippen molar-refractivity contribution in [2.75, 3.05) is 6.54 Å². The van der Waals surface area contributed by atoms with Crippen LogP contribution >= 0.6 is 15.9 Å². The van der Waals surface area contributed by atoms with Crippen molar-refractivity contribution in [3.8, 4) is 0 Å². The van der Waals surface area contributed by atoms with E-state index in [4.69, 9.17) is 14.0 Å². The van der Waals surface area contributed by atoms with Crippen LogP contribution in [0.5, 0.6) is 0 Å². The molecule has 0 saturated carbocycles. The Labute approximate surface area is 177 Å². The van der Waals surface area contributed by atoms with E-state index in [2.05, 4.69) is 27.3 Å². The number of aryl methyl sites for hydroxylation is 1. The molecule has 0 atom stereocenters. The Bertz CT molecular complexity index is 752. The van der Waals surface area contributed by atoms with E-state index >= 15 is 0 Å². The van der Waals surface area contributed by atoms with Crippen LogP contribution in [0.1, 0.15) is 59.6 Å². The molecule has 0 bridgehead atoms. The molecule has 1 fully saturated rings. The first kappa shape index (κ1) is 23.0. The molecule has 5 nitrogen and oxygen atoms in total. The average Bonchev–Trinajstić information content (AvgIpc) is 2.73. The molecule has 1 N–H and O–H groups in total. The number of carbonyl (C=O) groups excluding carboxylic acids is 1.